The molecule has 0 bridgehead atoms. The van der Waals surface area contributed by atoms with Gasteiger partial charge in [-0.1, -0.05) is 11.6 Å². The summed E-state index contributed by atoms with van der Waals surface area (Å²) in [4.78, 5) is 33.1. The van der Waals surface area contributed by atoms with Gasteiger partial charge in [0.05, 0.1) is 39.6 Å². The first-order chi connectivity index (χ1) is 26.1. The molecule has 8 rings (SSSR count). The maximum Gasteiger partial charge on any atom is 0.435 e. The Morgan fingerprint density at radius 1 is 1.12 bits per heavy atom. The van der Waals surface area contributed by atoms with E-state index < -0.39 is 93.0 Å². The predicted molar refractivity (Wildman–Crippen MR) is 188 cm³/mol. The summed E-state index contributed by atoms with van der Waals surface area (Å²) in [5.74, 6) is -9.81. The van der Waals surface area contributed by atoms with Crippen LogP contribution >= 0.6 is 23.1 Å². The molecule has 23 heteroatoms. The second-order valence-corrected chi connectivity index (χ2v) is 16.5. The quantitative estimate of drug-likeness (QED) is 0.171. The van der Waals surface area contributed by atoms with Crippen LogP contribution in [0.15, 0.2) is 35.1 Å². The van der Waals surface area contributed by atoms with Gasteiger partial charge in [0, 0.05) is 31.0 Å². The average Bonchev–Trinajstić information content (AvgIpc) is 3.37. The highest BCUT2D eigenvalue weighted by molar-refractivity contribution is 7.92. The van der Waals surface area contributed by atoms with Crippen LogP contribution in [-0.4, -0.2) is 54.1 Å². The second kappa shape index (κ2) is 12.7. The van der Waals surface area contributed by atoms with Crippen LogP contribution in [0.2, 0.25) is 5.02 Å². The number of nitrogens with one attached hydrogen (secondary N) is 2. The molecule has 4 heterocycles. The van der Waals surface area contributed by atoms with E-state index in [9.17, 15) is 40.0 Å². The van der Waals surface area contributed by atoms with Crippen molar-refractivity contribution in [3.63, 3.8) is 0 Å². The summed E-state index contributed by atoms with van der Waals surface area (Å²) in [6, 6.07) is 3.64. The van der Waals surface area contributed by atoms with E-state index in [4.69, 9.17) is 11.6 Å². The number of hydrogen-bond donors (Lipinski definition) is 2. The number of amides is 1. The number of alkyl halides is 5. The van der Waals surface area contributed by atoms with Gasteiger partial charge in [0.15, 0.2) is 16.3 Å². The van der Waals surface area contributed by atoms with Crippen LogP contribution in [0.25, 0.3) is 26.8 Å². The van der Waals surface area contributed by atoms with Gasteiger partial charge in [-0.15, -0.1) is 0 Å². The Bertz CT molecular complexity index is 2810. The van der Waals surface area contributed by atoms with E-state index in [-0.39, 0.29) is 61.2 Å². The SMILES string of the molecule is Cc1nsc2nc([C@H](Cc3cc(F)cc(F)c3)NC(=O)Cn3nc(C(F)(F)F)c4c3C(F)(F)[C@@H]3C[C@H]43)n(-c3ccc(Cl)c4c(NS(C)(=O)=O)nn(C)c34)c(=O)c12. The zero-order valence-electron chi connectivity index (χ0n) is 28.8. The average molecular weight is 844 g/mol. The molecule has 2 aromatic carbocycles. The number of carbonyl (C=O) groups excluding carboxylic acids is 1. The lowest BCUT2D eigenvalue weighted by Gasteiger charge is -2.23. The van der Waals surface area contributed by atoms with Gasteiger partial charge in [0.25, 0.3) is 11.5 Å². The van der Waals surface area contributed by atoms with E-state index >= 15 is 8.78 Å². The summed E-state index contributed by atoms with van der Waals surface area (Å²) in [5.41, 5.74) is -3.71. The lowest BCUT2D eigenvalue weighted by molar-refractivity contribution is -0.142. The number of nitrogens with zero attached hydrogens (tertiary/aromatic N) is 7. The largest absolute Gasteiger partial charge is 0.435 e. The number of anilines is 1. The Morgan fingerprint density at radius 2 is 1.82 bits per heavy atom. The number of fused-ring (bicyclic) bond motifs is 5. The highest BCUT2D eigenvalue weighted by atomic mass is 35.5. The van der Waals surface area contributed by atoms with Gasteiger partial charge in [-0.3, -0.25) is 28.2 Å². The minimum atomic E-state index is -5.10. The molecule has 0 unspecified atom stereocenters. The third kappa shape index (κ3) is 6.26. The number of rotatable bonds is 9. The minimum Gasteiger partial charge on any atom is -0.344 e. The zero-order chi connectivity index (χ0) is 40.4. The van der Waals surface area contributed by atoms with E-state index in [0.29, 0.717) is 10.7 Å². The number of halogens is 8. The van der Waals surface area contributed by atoms with Crippen molar-refractivity contribution in [2.75, 3.05) is 11.0 Å². The van der Waals surface area contributed by atoms with E-state index in [1.165, 1.54) is 30.8 Å². The van der Waals surface area contributed by atoms with Gasteiger partial charge in [-0.25, -0.2) is 22.2 Å². The molecule has 3 atom stereocenters. The van der Waals surface area contributed by atoms with Crippen LogP contribution < -0.4 is 15.6 Å². The van der Waals surface area contributed by atoms with Crippen LogP contribution in [0, 0.1) is 24.5 Å². The molecule has 1 saturated carbocycles. The summed E-state index contributed by atoms with van der Waals surface area (Å²) in [7, 11) is -2.48. The standard InChI is InChI=1S/C33H25ClF7N9O4S2/c1-12-22-30(55-46-12)43-29(50(31(22)52)20-5-4-18(34)24-25(20)48(2)45-28(24)47-56(3,53)54)19(8-13-6-14(35)9-15(36)7-13)42-21(51)11-49-27-23(26(44-49)33(39,40)41)16-10-17(16)32(27,37)38/h4-7,9,16-17,19H,8,10-11H2,1-3H3,(H,42,51)(H,45,47)/t16-,17+,19-/m0/s1. The molecular weight excluding hydrogens is 819 g/mol. The minimum absolute atomic E-state index is 0.01000. The van der Waals surface area contributed by atoms with Gasteiger partial charge >= 0.3 is 6.18 Å². The van der Waals surface area contributed by atoms with Gasteiger partial charge in [-0.05, 0) is 60.6 Å². The van der Waals surface area contributed by atoms with Crippen molar-refractivity contribution in [2.24, 2.45) is 13.0 Å². The Morgan fingerprint density at radius 3 is 2.48 bits per heavy atom. The lowest BCUT2D eigenvalue weighted by atomic mass is 10.0. The Labute approximate surface area is 319 Å². The molecule has 13 nitrogen and oxygen atoms in total. The van der Waals surface area contributed by atoms with Crippen LogP contribution in [0.4, 0.5) is 36.6 Å². The Hall–Kier alpha value is -5.09. The van der Waals surface area contributed by atoms with Crippen LogP contribution in [0.5, 0.6) is 0 Å². The molecule has 0 saturated heterocycles. The number of sulfonamides is 1. The lowest BCUT2D eigenvalue weighted by Crippen LogP contribution is -2.38. The third-order valence-electron chi connectivity index (χ3n) is 9.65. The van der Waals surface area contributed by atoms with Crippen LogP contribution in [0.3, 0.4) is 0 Å². The molecule has 1 fully saturated rings. The Kier molecular flexibility index (Phi) is 8.58. The van der Waals surface area contributed by atoms with E-state index in [1.807, 2.05) is 0 Å². The topological polar surface area (TPSA) is 159 Å². The van der Waals surface area contributed by atoms with Crippen LogP contribution in [0.1, 0.15) is 52.4 Å². The van der Waals surface area contributed by atoms with E-state index in [2.05, 4.69) is 29.6 Å². The zero-order valence-corrected chi connectivity index (χ0v) is 31.2. The predicted octanol–water partition coefficient (Wildman–Crippen LogP) is 5.86. The molecule has 6 aromatic rings. The third-order valence-corrected chi connectivity index (χ3v) is 11.4. The summed E-state index contributed by atoms with van der Waals surface area (Å²) >= 11 is 7.35. The summed E-state index contributed by atoms with van der Waals surface area (Å²) in [6.45, 7) is 0.398. The fourth-order valence-corrected chi connectivity index (χ4v) is 8.95. The van der Waals surface area contributed by atoms with Crippen molar-refractivity contribution in [3.05, 3.63) is 91.4 Å². The normalized spacial score (nSPS) is 18.0. The first-order valence-corrected chi connectivity index (χ1v) is 19.5. The van der Waals surface area contributed by atoms with Crippen molar-refractivity contribution in [2.45, 2.75) is 50.4 Å². The fraction of sp³-hybridized carbons (Fsp3) is 0.333. The molecule has 0 radical (unpaired) electrons. The number of benzene rings is 2. The van der Waals surface area contributed by atoms with Crippen molar-refractivity contribution < 1.29 is 43.9 Å². The maximum absolute atomic E-state index is 15.4. The number of aromatic nitrogens is 7. The summed E-state index contributed by atoms with van der Waals surface area (Å²) < 4.78 is 135. The van der Waals surface area contributed by atoms with Gasteiger partial charge in [0.1, 0.15) is 35.1 Å². The maximum atomic E-state index is 15.4. The molecule has 2 aliphatic carbocycles. The van der Waals surface area contributed by atoms with Crippen LogP contribution in [-0.2, 0) is 46.9 Å². The highest BCUT2D eigenvalue weighted by Crippen LogP contribution is 2.68. The highest BCUT2D eigenvalue weighted by Gasteiger charge is 2.68. The number of aryl methyl sites for hydroxylation is 2. The molecule has 294 valence electrons. The molecule has 2 aliphatic rings. The molecule has 0 aliphatic heterocycles. The van der Waals surface area contributed by atoms with E-state index in [0.717, 1.165) is 34.5 Å². The molecule has 4 aromatic heterocycles. The molecular formula is C33H25ClF7N9O4S2. The second-order valence-electron chi connectivity index (χ2n) is 13.6. The van der Waals surface area contributed by atoms with Gasteiger partial charge < -0.3 is 5.32 Å². The fourth-order valence-electron chi connectivity index (χ4n) is 7.44. The van der Waals surface area contributed by atoms with Crippen molar-refractivity contribution >= 4 is 66.0 Å². The number of hydrogen-bond acceptors (Lipinski definition) is 9. The van der Waals surface area contributed by atoms with Crippen molar-refractivity contribution in [1.82, 2.24) is 38.8 Å². The summed E-state index contributed by atoms with van der Waals surface area (Å²) in [6.07, 6.45) is -4.88. The van der Waals surface area contributed by atoms with Crippen molar-refractivity contribution in [1.29, 1.82) is 0 Å². The van der Waals surface area contributed by atoms with Crippen molar-refractivity contribution in [3.8, 4) is 5.69 Å². The van der Waals surface area contributed by atoms with E-state index in [1.54, 1.807) is 0 Å². The molecule has 0 spiro atoms. The van der Waals surface area contributed by atoms with Gasteiger partial charge in [0.2, 0.25) is 15.9 Å². The first kappa shape index (κ1) is 37.8. The van der Waals surface area contributed by atoms with Gasteiger partial charge in [-0.2, -0.15) is 36.5 Å². The molecule has 2 N–H and O–H groups in total. The summed E-state index contributed by atoms with van der Waals surface area (Å²) in [5, 5.41) is 10.3. The Balaban J connectivity index is 1.31. The smallest absolute Gasteiger partial charge is 0.344 e. The monoisotopic (exact) mass is 843 g/mol. The number of carbonyl (C=O) groups is 1. The first-order valence-electron chi connectivity index (χ1n) is 16.5. The molecule has 1 amide bonds. The molecule has 56 heavy (non-hydrogen) atoms.